The van der Waals surface area contributed by atoms with E-state index in [0.717, 1.165) is 27.6 Å². The number of hydrogen-bond acceptors (Lipinski definition) is 5. The van der Waals surface area contributed by atoms with Crippen LogP contribution >= 0.6 is 11.3 Å². The Morgan fingerprint density at radius 2 is 1.76 bits per heavy atom. The highest BCUT2D eigenvalue weighted by atomic mass is 32.1. The summed E-state index contributed by atoms with van der Waals surface area (Å²) in [6.45, 7) is -0.116. The molecule has 0 radical (unpaired) electrons. The summed E-state index contributed by atoms with van der Waals surface area (Å²) >= 11 is 1.41. The van der Waals surface area contributed by atoms with E-state index in [2.05, 4.69) is 35.3 Å². The number of carbonyl (C=O) groups excluding carboxylic acids is 1. The van der Waals surface area contributed by atoms with E-state index in [4.69, 9.17) is 5.10 Å². The Labute approximate surface area is 199 Å². The van der Waals surface area contributed by atoms with Crippen LogP contribution in [0.1, 0.15) is 23.6 Å². The lowest BCUT2D eigenvalue weighted by Crippen LogP contribution is -2.33. The average molecular weight is 465 g/mol. The maximum Gasteiger partial charge on any atom is 0.263 e. The molecule has 166 valence electrons. The van der Waals surface area contributed by atoms with Gasteiger partial charge in [0.2, 0.25) is 0 Å². The molecule has 0 fully saturated rings. The lowest BCUT2D eigenvalue weighted by atomic mass is 9.97. The number of nitrogens with zero attached hydrogens (tertiary/aromatic N) is 4. The number of carbonyl (C=O) groups is 1. The van der Waals surface area contributed by atoms with Gasteiger partial charge in [-0.15, -0.1) is 11.3 Å². The zero-order valence-corrected chi connectivity index (χ0v) is 19.0. The van der Waals surface area contributed by atoms with Gasteiger partial charge in [0.1, 0.15) is 11.4 Å². The molecule has 1 aliphatic heterocycles. The van der Waals surface area contributed by atoms with Crippen LogP contribution in [0.3, 0.4) is 0 Å². The molecule has 0 N–H and O–H groups in total. The monoisotopic (exact) mass is 464 g/mol. The summed E-state index contributed by atoms with van der Waals surface area (Å²) < 4.78 is 1.36. The fraction of sp³-hybridized carbons (Fsp3) is 0.111. The van der Waals surface area contributed by atoms with Crippen molar-refractivity contribution in [2.24, 2.45) is 5.10 Å². The third-order valence-electron chi connectivity index (χ3n) is 6.19. The molecule has 1 amide bonds. The normalized spacial score (nSPS) is 15.7. The molecule has 6 rings (SSSR count). The van der Waals surface area contributed by atoms with Crippen molar-refractivity contribution in [2.45, 2.75) is 19.0 Å². The van der Waals surface area contributed by atoms with Crippen molar-refractivity contribution in [1.82, 2.24) is 14.6 Å². The van der Waals surface area contributed by atoms with Crippen LogP contribution in [0, 0.1) is 0 Å². The highest BCUT2D eigenvalue weighted by molar-refractivity contribution is 7.16. The van der Waals surface area contributed by atoms with Gasteiger partial charge in [-0.1, -0.05) is 66.7 Å². The van der Waals surface area contributed by atoms with Gasteiger partial charge in [-0.25, -0.2) is 9.99 Å². The molecule has 1 aliphatic rings. The molecule has 0 bridgehead atoms. The van der Waals surface area contributed by atoms with E-state index in [9.17, 15) is 9.59 Å². The quantitative estimate of drug-likeness (QED) is 0.376. The third kappa shape index (κ3) is 3.60. The molecule has 3 heterocycles. The van der Waals surface area contributed by atoms with Crippen LogP contribution in [0.25, 0.3) is 21.0 Å². The molecule has 7 heteroatoms. The summed E-state index contributed by atoms with van der Waals surface area (Å²) in [6.07, 6.45) is 2.05. The molecular weight excluding hydrogens is 444 g/mol. The van der Waals surface area contributed by atoms with Crippen LogP contribution in [0.2, 0.25) is 0 Å². The average Bonchev–Trinajstić information content (AvgIpc) is 3.54. The standard InChI is InChI=1S/C27H20N4O2S/c32-25(16-30-17-28-26-22(27(30)33)12-13-34-26)31-24(19-7-2-1-3-8-19)15-23(29-31)21-11-10-18-6-4-5-9-20(18)14-21/h1-14,17,24H,15-16H2/t24-/m0/s1. The van der Waals surface area contributed by atoms with Gasteiger partial charge in [-0.05, 0) is 39.4 Å². The van der Waals surface area contributed by atoms with Gasteiger partial charge in [-0.2, -0.15) is 5.10 Å². The number of fused-ring (bicyclic) bond motifs is 2. The van der Waals surface area contributed by atoms with Gasteiger partial charge in [0.25, 0.3) is 11.5 Å². The maximum atomic E-state index is 13.4. The third-order valence-corrected chi connectivity index (χ3v) is 7.01. The van der Waals surface area contributed by atoms with Crippen molar-refractivity contribution >= 4 is 43.9 Å². The minimum absolute atomic E-state index is 0.116. The molecule has 0 saturated heterocycles. The maximum absolute atomic E-state index is 13.4. The van der Waals surface area contributed by atoms with Gasteiger partial charge in [-0.3, -0.25) is 14.2 Å². The summed E-state index contributed by atoms with van der Waals surface area (Å²) in [4.78, 5) is 31.3. The molecule has 1 atom stereocenters. The number of hydrogen-bond donors (Lipinski definition) is 0. The Morgan fingerprint density at radius 3 is 2.62 bits per heavy atom. The minimum Gasteiger partial charge on any atom is -0.289 e. The van der Waals surface area contributed by atoms with Gasteiger partial charge < -0.3 is 0 Å². The van der Waals surface area contributed by atoms with Gasteiger partial charge >= 0.3 is 0 Å². The first kappa shape index (κ1) is 20.5. The molecule has 2 aromatic heterocycles. The van der Waals surface area contributed by atoms with E-state index >= 15 is 0 Å². The van der Waals surface area contributed by atoms with Crippen LogP contribution in [0.15, 0.2) is 100 Å². The van der Waals surface area contributed by atoms with E-state index < -0.39 is 0 Å². The summed E-state index contributed by atoms with van der Waals surface area (Å²) in [5.74, 6) is -0.247. The summed E-state index contributed by atoms with van der Waals surface area (Å²) in [6, 6.07) is 25.8. The number of amides is 1. The van der Waals surface area contributed by atoms with Gasteiger partial charge in [0.15, 0.2) is 0 Å². The van der Waals surface area contributed by atoms with Crippen LogP contribution in [0.5, 0.6) is 0 Å². The highest BCUT2D eigenvalue weighted by Crippen LogP contribution is 2.33. The Kier molecular flexibility index (Phi) is 5.04. The fourth-order valence-corrected chi connectivity index (χ4v) is 5.17. The summed E-state index contributed by atoms with van der Waals surface area (Å²) in [5, 5.41) is 10.9. The number of hydrazone groups is 1. The number of benzene rings is 3. The molecule has 5 aromatic rings. The first-order valence-electron chi connectivity index (χ1n) is 11.0. The molecule has 0 saturated carbocycles. The molecule has 0 unspecified atom stereocenters. The van der Waals surface area contributed by atoms with Crippen molar-refractivity contribution in [3.05, 3.63) is 112 Å². The zero-order chi connectivity index (χ0) is 23.1. The first-order chi connectivity index (χ1) is 16.7. The zero-order valence-electron chi connectivity index (χ0n) is 18.2. The van der Waals surface area contributed by atoms with Gasteiger partial charge in [0, 0.05) is 6.42 Å². The predicted molar refractivity (Wildman–Crippen MR) is 135 cm³/mol. The molecule has 0 aliphatic carbocycles. The largest absolute Gasteiger partial charge is 0.289 e. The van der Waals surface area contributed by atoms with Crippen molar-refractivity contribution in [3.63, 3.8) is 0 Å². The number of thiophene rings is 1. The fourth-order valence-electron chi connectivity index (χ4n) is 4.44. The van der Waals surface area contributed by atoms with Crippen LogP contribution < -0.4 is 5.56 Å². The van der Waals surface area contributed by atoms with E-state index in [1.54, 1.807) is 6.07 Å². The van der Waals surface area contributed by atoms with Gasteiger partial charge in [0.05, 0.1) is 23.5 Å². The minimum atomic E-state index is -0.247. The van der Waals surface area contributed by atoms with Crippen LogP contribution in [-0.2, 0) is 11.3 Å². The van der Waals surface area contributed by atoms with E-state index in [1.807, 2.05) is 47.8 Å². The first-order valence-corrected chi connectivity index (χ1v) is 11.9. The summed E-state index contributed by atoms with van der Waals surface area (Å²) in [5.41, 5.74) is 2.64. The lowest BCUT2D eigenvalue weighted by molar-refractivity contribution is -0.133. The van der Waals surface area contributed by atoms with Crippen molar-refractivity contribution in [2.75, 3.05) is 0 Å². The van der Waals surface area contributed by atoms with Crippen molar-refractivity contribution in [1.29, 1.82) is 0 Å². The Balaban J connectivity index is 1.37. The molecule has 34 heavy (non-hydrogen) atoms. The van der Waals surface area contributed by atoms with E-state index in [-0.39, 0.29) is 24.1 Å². The second kappa shape index (κ2) is 8.35. The second-order valence-corrected chi connectivity index (χ2v) is 9.19. The van der Waals surface area contributed by atoms with Crippen LogP contribution in [0.4, 0.5) is 0 Å². The molecule has 0 spiro atoms. The number of aromatic nitrogens is 2. The topological polar surface area (TPSA) is 67.6 Å². The molecular formula is C27H20N4O2S. The van der Waals surface area contributed by atoms with Crippen molar-refractivity contribution in [3.8, 4) is 0 Å². The number of rotatable bonds is 4. The van der Waals surface area contributed by atoms with Crippen LogP contribution in [-0.4, -0.2) is 26.2 Å². The molecule has 6 nitrogen and oxygen atoms in total. The SMILES string of the molecule is O=C(Cn1cnc2sccc2c1=O)N1N=C(c2ccc3ccccc3c2)C[C@H]1c1ccccc1. The van der Waals surface area contributed by atoms with E-state index in [0.29, 0.717) is 16.6 Å². The Morgan fingerprint density at radius 1 is 0.971 bits per heavy atom. The Bertz CT molecular complexity index is 1620. The smallest absolute Gasteiger partial charge is 0.263 e. The van der Waals surface area contributed by atoms with Crippen molar-refractivity contribution < 1.29 is 4.79 Å². The summed E-state index contributed by atoms with van der Waals surface area (Å²) in [7, 11) is 0. The Hall–Kier alpha value is -4.10. The lowest BCUT2D eigenvalue weighted by Gasteiger charge is -2.22. The highest BCUT2D eigenvalue weighted by Gasteiger charge is 2.33. The predicted octanol–water partition coefficient (Wildman–Crippen LogP) is 4.99. The molecule has 3 aromatic carbocycles. The van der Waals surface area contributed by atoms with E-state index in [1.165, 1.54) is 27.2 Å². The second-order valence-electron chi connectivity index (χ2n) is 8.29.